The van der Waals surface area contributed by atoms with Gasteiger partial charge in [-0.3, -0.25) is 4.72 Å². The van der Waals surface area contributed by atoms with Gasteiger partial charge in [0.15, 0.2) is 23.0 Å². The van der Waals surface area contributed by atoms with Crippen LogP contribution in [0.1, 0.15) is 16.7 Å². The topological polar surface area (TPSA) is 92.3 Å². The molecule has 0 aliphatic heterocycles. The van der Waals surface area contributed by atoms with Crippen LogP contribution in [0.25, 0.3) is 12.2 Å². The maximum atomic E-state index is 13.1. The van der Waals surface area contributed by atoms with E-state index in [0.717, 1.165) is 12.1 Å². The van der Waals surface area contributed by atoms with Gasteiger partial charge >= 0.3 is 6.18 Å². The number of ether oxygens (including phenoxy) is 5. The molecule has 0 fully saturated rings. The average Bonchev–Trinajstić information content (AvgIpc) is 2.90. The van der Waals surface area contributed by atoms with Crippen molar-refractivity contribution in [1.29, 1.82) is 0 Å². The first kappa shape index (κ1) is 28.5. The highest BCUT2D eigenvalue weighted by atomic mass is 32.2. The number of alkyl halides is 3. The monoisotopic (exact) mass is 553 g/mol. The number of hydrogen-bond acceptors (Lipinski definition) is 7. The minimum absolute atomic E-state index is 0.0236. The lowest BCUT2D eigenvalue weighted by Crippen LogP contribution is -2.15. The Morgan fingerprint density at radius 2 is 1.26 bits per heavy atom. The number of anilines is 1. The Bertz CT molecular complexity index is 1390. The normalized spacial score (nSPS) is 11.8. The molecule has 8 nitrogen and oxygen atoms in total. The molecule has 0 saturated carbocycles. The lowest BCUT2D eigenvalue weighted by molar-refractivity contribution is -0.137. The van der Waals surface area contributed by atoms with Crippen molar-refractivity contribution in [3.63, 3.8) is 0 Å². The summed E-state index contributed by atoms with van der Waals surface area (Å²) in [5.74, 6) is 1.56. The van der Waals surface area contributed by atoms with Crippen LogP contribution in [0, 0.1) is 0 Å². The minimum atomic E-state index is -4.60. The number of hydrogen-bond donors (Lipinski definition) is 1. The van der Waals surface area contributed by atoms with Gasteiger partial charge in [0.2, 0.25) is 5.75 Å². The summed E-state index contributed by atoms with van der Waals surface area (Å²) in [6.07, 6.45) is -1.30. The largest absolute Gasteiger partial charge is 0.493 e. The fourth-order valence-corrected chi connectivity index (χ4v) is 4.68. The maximum absolute atomic E-state index is 13.1. The smallest absolute Gasteiger partial charge is 0.416 e. The predicted molar refractivity (Wildman–Crippen MR) is 137 cm³/mol. The predicted octanol–water partition coefficient (Wildman–Crippen LogP) is 5.72. The van der Waals surface area contributed by atoms with Crippen LogP contribution in [0.4, 0.5) is 18.9 Å². The zero-order chi connectivity index (χ0) is 28.1. The third-order valence-corrected chi connectivity index (χ3v) is 6.81. The lowest BCUT2D eigenvalue weighted by atomic mass is 10.1. The fourth-order valence-electron chi connectivity index (χ4n) is 3.59. The molecule has 0 saturated heterocycles. The third-order valence-electron chi connectivity index (χ3n) is 5.45. The molecule has 0 atom stereocenters. The van der Waals surface area contributed by atoms with Gasteiger partial charge in [0, 0.05) is 5.56 Å². The summed E-state index contributed by atoms with van der Waals surface area (Å²) >= 11 is 0. The van der Waals surface area contributed by atoms with Crippen molar-refractivity contribution in [3.05, 3.63) is 65.2 Å². The van der Waals surface area contributed by atoms with E-state index in [9.17, 15) is 21.6 Å². The minimum Gasteiger partial charge on any atom is -0.493 e. The molecule has 0 unspecified atom stereocenters. The van der Waals surface area contributed by atoms with E-state index in [1.807, 2.05) is 0 Å². The van der Waals surface area contributed by atoms with Crippen molar-refractivity contribution >= 4 is 27.9 Å². The number of rotatable bonds is 10. The Balaban J connectivity index is 2.08. The zero-order valence-corrected chi connectivity index (χ0v) is 22.0. The standard InChI is InChI=1S/C26H26F3NO7S/c1-33-20-13-8-17(7-6-16-14-21(34-2)24(36-4)22(15-16)35-3)23(25(20)37-5)30-38(31,32)19-11-9-18(10-12-19)26(27,28)29/h6-15,30H,1-5H3. The van der Waals surface area contributed by atoms with E-state index in [0.29, 0.717) is 40.5 Å². The SMILES string of the molecule is COc1cc(C=Cc2ccc(OC)c(OC)c2NS(=O)(=O)c2ccc(C(F)(F)F)cc2)cc(OC)c1OC. The van der Waals surface area contributed by atoms with Gasteiger partial charge < -0.3 is 23.7 Å². The Morgan fingerprint density at radius 1 is 0.711 bits per heavy atom. The number of sulfonamides is 1. The van der Waals surface area contributed by atoms with Crippen LogP contribution in [-0.2, 0) is 16.2 Å². The molecule has 38 heavy (non-hydrogen) atoms. The van der Waals surface area contributed by atoms with Crippen LogP contribution >= 0.6 is 0 Å². The van der Waals surface area contributed by atoms with E-state index in [2.05, 4.69) is 4.72 Å². The summed E-state index contributed by atoms with van der Waals surface area (Å²) < 4.78 is 94.3. The summed E-state index contributed by atoms with van der Waals surface area (Å²) in [6, 6.07) is 9.73. The molecule has 0 heterocycles. The molecule has 204 valence electrons. The third kappa shape index (κ3) is 6.08. The van der Waals surface area contributed by atoms with Crippen molar-refractivity contribution in [2.24, 2.45) is 0 Å². The summed E-state index contributed by atoms with van der Waals surface area (Å²) in [5, 5.41) is 0. The molecular formula is C26H26F3NO7S. The van der Waals surface area contributed by atoms with Crippen molar-refractivity contribution in [3.8, 4) is 28.7 Å². The molecular weight excluding hydrogens is 527 g/mol. The van der Waals surface area contributed by atoms with E-state index in [1.54, 1.807) is 36.4 Å². The first-order valence-corrected chi connectivity index (χ1v) is 12.4. The highest BCUT2D eigenvalue weighted by molar-refractivity contribution is 7.92. The molecule has 1 N–H and O–H groups in total. The molecule has 0 aliphatic carbocycles. The van der Waals surface area contributed by atoms with Crippen LogP contribution in [0.3, 0.4) is 0 Å². The van der Waals surface area contributed by atoms with E-state index in [1.165, 1.54) is 35.5 Å². The number of benzene rings is 3. The van der Waals surface area contributed by atoms with Crippen molar-refractivity contribution in [1.82, 2.24) is 0 Å². The van der Waals surface area contributed by atoms with Gasteiger partial charge in [0.25, 0.3) is 10.0 Å². The van der Waals surface area contributed by atoms with Gasteiger partial charge in [-0.25, -0.2) is 8.42 Å². The number of halogens is 3. The highest BCUT2D eigenvalue weighted by Crippen LogP contribution is 2.41. The number of methoxy groups -OCH3 is 5. The molecule has 3 aromatic rings. The Morgan fingerprint density at radius 3 is 1.74 bits per heavy atom. The number of nitrogens with one attached hydrogen (secondary N) is 1. The molecule has 0 radical (unpaired) electrons. The summed E-state index contributed by atoms with van der Waals surface area (Å²) in [7, 11) is 2.85. The molecule has 0 aromatic heterocycles. The molecule has 0 bridgehead atoms. The second-order valence-corrected chi connectivity index (χ2v) is 9.37. The van der Waals surface area contributed by atoms with Crippen LogP contribution in [0.2, 0.25) is 0 Å². The quantitative estimate of drug-likeness (QED) is 0.321. The average molecular weight is 554 g/mol. The van der Waals surface area contributed by atoms with Gasteiger partial charge in [-0.1, -0.05) is 12.2 Å². The van der Waals surface area contributed by atoms with Crippen molar-refractivity contribution in [2.45, 2.75) is 11.1 Å². The fraction of sp³-hybridized carbons (Fsp3) is 0.231. The van der Waals surface area contributed by atoms with Gasteiger partial charge in [0.05, 0.1) is 46.0 Å². The van der Waals surface area contributed by atoms with E-state index in [4.69, 9.17) is 23.7 Å². The Labute approximate surface area is 218 Å². The highest BCUT2D eigenvalue weighted by Gasteiger charge is 2.31. The lowest BCUT2D eigenvalue weighted by Gasteiger charge is -2.17. The summed E-state index contributed by atoms with van der Waals surface area (Å²) in [4.78, 5) is -0.366. The maximum Gasteiger partial charge on any atom is 0.416 e. The van der Waals surface area contributed by atoms with Crippen molar-refractivity contribution < 1.29 is 45.3 Å². The van der Waals surface area contributed by atoms with E-state index in [-0.39, 0.29) is 22.1 Å². The Hall–Kier alpha value is -4.06. The first-order valence-electron chi connectivity index (χ1n) is 10.9. The molecule has 0 aliphatic rings. The van der Waals surface area contributed by atoms with Gasteiger partial charge in [-0.05, 0) is 54.1 Å². The van der Waals surface area contributed by atoms with Crippen LogP contribution < -0.4 is 28.4 Å². The molecule has 12 heteroatoms. The second-order valence-electron chi connectivity index (χ2n) is 7.68. The first-order chi connectivity index (χ1) is 18.0. The van der Waals surface area contributed by atoms with Gasteiger partial charge in [0.1, 0.15) is 5.69 Å². The van der Waals surface area contributed by atoms with Crippen molar-refractivity contribution in [2.75, 3.05) is 40.3 Å². The van der Waals surface area contributed by atoms with Gasteiger partial charge in [-0.2, -0.15) is 13.2 Å². The molecule has 0 amide bonds. The van der Waals surface area contributed by atoms with E-state index < -0.39 is 21.8 Å². The molecule has 0 spiro atoms. The summed E-state index contributed by atoms with van der Waals surface area (Å²) in [6.45, 7) is 0. The summed E-state index contributed by atoms with van der Waals surface area (Å²) in [5.41, 5.74) is 0.0811. The van der Waals surface area contributed by atoms with Crippen LogP contribution in [-0.4, -0.2) is 44.0 Å². The second kappa shape index (κ2) is 11.5. The van der Waals surface area contributed by atoms with E-state index >= 15 is 0 Å². The molecule has 3 aromatic carbocycles. The van der Waals surface area contributed by atoms with Crippen LogP contribution in [0.15, 0.2) is 53.4 Å². The van der Waals surface area contributed by atoms with Gasteiger partial charge in [-0.15, -0.1) is 0 Å². The van der Waals surface area contributed by atoms with Crippen LogP contribution in [0.5, 0.6) is 28.7 Å². The molecule has 3 rings (SSSR count). The zero-order valence-electron chi connectivity index (χ0n) is 21.2. The Kier molecular flexibility index (Phi) is 8.67.